The van der Waals surface area contributed by atoms with Crippen molar-refractivity contribution < 1.29 is 9.90 Å². The van der Waals surface area contributed by atoms with Gasteiger partial charge in [0.2, 0.25) is 11.9 Å². The Bertz CT molecular complexity index is 1260. The van der Waals surface area contributed by atoms with E-state index in [1.165, 1.54) is 6.92 Å². The van der Waals surface area contributed by atoms with Crippen LogP contribution in [0.15, 0.2) is 54.9 Å². The lowest BCUT2D eigenvalue weighted by Crippen LogP contribution is -2.25. The number of pyridine rings is 1. The van der Waals surface area contributed by atoms with Crippen LogP contribution in [0.2, 0.25) is 0 Å². The number of fused-ring (bicyclic) bond motifs is 1. The summed E-state index contributed by atoms with van der Waals surface area (Å²) in [4.78, 5) is 25.8. The van der Waals surface area contributed by atoms with Crippen molar-refractivity contribution in [1.29, 1.82) is 0 Å². The van der Waals surface area contributed by atoms with E-state index in [4.69, 9.17) is 0 Å². The Hall–Kier alpha value is -3.40. The van der Waals surface area contributed by atoms with Gasteiger partial charge in [0.25, 0.3) is 0 Å². The summed E-state index contributed by atoms with van der Waals surface area (Å²) < 4.78 is 0.872. The third-order valence-electron chi connectivity index (χ3n) is 5.34. The van der Waals surface area contributed by atoms with Crippen molar-refractivity contribution in [3.63, 3.8) is 0 Å². The van der Waals surface area contributed by atoms with E-state index in [0.29, 0.717) is 18.2 Å². The highest BCUT2D eigenvalue weighted by Crippen LogP contribution is 2.30. The van der Waals surface area contributed by atoms with E-state index >= 15 is 0 Å². The van der Waals surface area contributed by atoms with Crippen LogP contribution in [0.25, 0.3) is 10.2 Å². The van der Waals surface area contributed by atoms with Crippen LogP contribution in [-0.2, 0) is 11.2 Å². The maximum absolute atomic E-state index is 11.2. The molecule has 4 rings (SSSR count). The number of carbonyl (C=O) groups excluding carboxylic acids is 1. The molecule has 9 heteroatoms. The molecule has 8 nitrogen and oxygen atoms in total. The number of rotatable bonds is 9. The van der Waals surface area contributed by atoms with E-state index in [9.17, 15) is 9.90 Å². The largest absolute Gasteiger partial charge is 0.373 e. The van der Waals surface area contributed by atoms with E-state index in [-0.39, 0.29) is 11.9 Å². The van der Waals surface area contributed by atoms with E-state index in [2.05, 4.69) is 30.9 Å². The van der Waals surface area contributed by atoms with E-state index < -0.39 is 6.23 Å². The van der Waals surface area contributed by atoms with Crippen LogP contribution < -0.4 is 16.0 Å². The molecule has 0 aliphatic rings. The SMILES string of the molecule is CC(=O)Nc1ccc(CCNC(O)c2nc(N[C@@H](C)c3cccnc3)nc3cc(C)sc23)cc1. The summed E-state index contributed by atoms with van der Waals surface area (Å²) in [5, 5.41) is 20.2. The molecule has 0 radical (unpaired) electrons. The Balaban J connectivity index is 1.45. The van der Waals surface area contributed by atoms with Crippen LogP contribution in [0.3, 0.4) is 0 Å². The highest BCUT2D eigenvalue weighted by Gasteiger charge is 2.18. The number of benzene rings is 1. The lowest BCUT2D eigenvalue weighted by molar-refractivity contribution is -0.114. The van der Waals surface area contributed by atoms with Gasteiger partial charge in [-0.1, -0.05) is 18.2 Å². The van der Waals surface area contributed by atoms with Gasteiger partial charge in [0.15, 0.2) is 0 Å². The second kappa shape index (κ2) is 10.7. The minimum Gasteiger partial charge on any atom is -0.373 e. The predicted molar refractivity (Wildman–Crippen MR) is 136 cm³/mol. The Morgan fingerprint density at radius 3 is 2.68 bits per heavy atom. The maximum atomic E-state index is 11.2. The van der Waals surface area contributed by atoms with Gasteiger partial charge in [0.05, 0.1) is 16.3 Å². The molecule has 0 saturated carbocycles. The molecule has 0 saturated heterocycles. The molecule has 1 aromatic carbocycles. The molecule has 0 aliphatic heterocycles. The van der Waals surface area contributed by atoms with Crippen LogP contribution in [0.1, 0.15) is 47.8 Å². The lowest BCUT2D eigenvalue weighted by Gasteiger charge is -2.17. The third kappa shape index (κ3) is 5.93. The number of amides is 1. The Morgan fingerprint density at radius 1 is 1.18 bits per heavy atom. The smallest absolute Gasteiger partial charge is 0.224 e. The minimum absolute atomic E-state index is 0.0377. The first kappa shape index (κ1) is 23.7. The van der Waals surface area contributed by atoms with Gasteiger partial charge < -0.3 is 15.7 Å². The van der Waals surface area contributed by atoms with Crippen LogP contribution in [0.5, 0.6) is 0 Å². The molecule has 2 atom stereocenters. The molecule has 3 heterocycles. The average Bonchev–Trinajstić information content (AvgIpc) is 3.19. The van der Waals surface area contributed by atoms with Gasteiger partial charge in [0, 0.05) is 36.4 Å². The number of thiophene rings is 1. The number of nitrogens with zero attached hydrogens (tertiary/aromatic N) is 3. The van der Waals surface area contributed by atoms with E-state index in [1.54, 1.807) is 17.5 Å². The normalized spacial score (nSPS) is 12.9. The zero-order valence-corrected chi connectivity index (χ0v) is 20.2. The number of aliphatic hydroxyl groups is 1. The van der Waals surface area contributed by atoms with Crippen molar-refractivity contribution in [2.75, 3.05) is 17.2 Å². The lowest BCUT2D eigenvalue weighted by atomic mass is 10.1. The summed E-state index contributed by atoms with van der Waals surface area (Å²) in [6.07, 6.45) is 3.34. The highest BCUT2D eigenvalue weighted by atomic mass is 32.1. The maximum Gasteiger partial charge on any atom is 0.224 e. The van der Waals surface area contributed by atoms with Crippen molar-refractivity contribution in [3.05, 3.63) is 76.6 Å². The van der Waals surface area contributed by atoms with Gasteiger partial charge in [0.1, 0.15) is 11.9 Å². The van der Waals surface area contributed by atoms with Gasteiger partial charge >= 0.3 is 0 Å². The van der Waals surface area contributed by atoms with Crippen molar-refractivity contribution in [3.8, 4) is 0 Å². The van der Waals surface area contributed by atoms with Crippen LogP contribution in [-0.4, -0.2) is 32.5 Å². The van der Waals surface area contributed by atoms with Gasteiger partial charge in [-0.15, -0.1) is 11.3 Å². The summed E-state index contributed by atoms with van der Waals surface area (Å²) in [5.41, 5.74) is 4.26. The molecule has 3 aromatic heterocycles. The molecule has 0 fully saturated rings. The first-order chi connectivity index (χ1) is 16.4. The number of aromatic nitrogens is 3. The number of nitrogens with one attached hydrogen (secondary N) is 3. The zero-order valence-electron chi connectivity index (χ0n) is 19.4. The fourth-order valence-corrected chi connectivity index (χ4v) is 4.60. The molecular formula is C25H28N6O2S. The summed E-state index contributed by atoms with van der Waals surface area (Å²) in [7, 11) is 0. The molecule has 4 N–H and O–H groups in total. The number of anilines is 2. The molecule has 0 spiro atoms. The van der Waals surface area contributed by atoms with E-state index in [1.807, 2.05) is 62.5 Å². The molecular weight excluding hydrogens is 448 g/mol. The van der Waals surface area contributed by atoms with Gasteiger partial charge in [-0.05, 0) is 55.7 Å². The van der Waals surface area contributed by atoms with E-state index in [0.717, 1.165) is 38.3 Å². The summed E-state index contributed by atoms with van der Waals surface area (Å²) >= 11 is 1.57. The summed E-state index contributed by atoms with van der Waals surface area (Å²) in [6.45, 7) is 6.09. The number of aliphatic hydroxyl groups excluding tert-OH is 1. The molecule has 1 amide bonds. The second-order valence-electron chi connectivity index (χ2n) is 8.14. The number of carbonyl (C=O) groups is 1. The average molecular weight is 477 g/mol. The molecule has 34 heavy (non-hydrogen) atoms. The topological polar surface area (TPSA) is 112 Å². The molecule has 176 valence electrons. The third-order valence-corrected chi connectivity index (χ3v) is 6.40. The number of hydrogen-bond donors (Lipinski definition) is 4. The fraction of sp³-hybridized carbons (Fsp3) is 0.280. The zero-order chi connectivity index (χ0) is 24.1. The summed E-state index contributed by atoms with van der Waals surface area (Å²) in [5.74, 6) is 0.368. The van der Waals surface area contributed by atoms with Crippen LogP contribution in [0, 0.1) is 6.92 Å². The number of hydrogen-bond acceptors (Lipinski definition) is 8. The fourth-order valence-electron chi connectivity index (χ4n) is 3.64. The first-order valence-electron chi connectivity index (χ1n) is 11.1. The standard InChI is InChI=1S/C25H28N6O2S/c1-15-13-21-23(34-15)22(31-25(30-21)28-16(2)19-5-4-11-26-14-19)24(33)27-12-10-18-6-8-20(9-7-18)29-17(3)32/h4-9,11,13-14,16,24,27,33H,10,12H2,1-3H3,(H,29,32)(H,28,30,31)/t16-,24?/m0/s1. The van der Waals surface area contributed by atoms with Gasteiger partial charge in [-0.3, -0.25) is 15.1 Å². The highest BCUT2D eigenvalue weighted by molar-refractivity contribution is 7.19. The van der Waals surface area contributed by atoms with Crippen molar-refractivity contribution in [2.45, 2.75) is 39.5 Å². The Labute approximate surface area is 202 Å². The Kier molecular flexibility index (Phi) is 7.46. The molecule has 1 unspecified atom stereocenters. The molecule has 0 bridgehead atoms. The van der Waals surface area contributed by atoms with Gasteiger partial charge in [-0.2, -0.15) is 0 Å². The van der Waals surface area contributed by atoms with Crippen molar-refractivity contribution in [2.24, 2.45) is 0 Å². The van der Waals surface area contributed by atoms with Crippen molar-refractivity contribution >= 4 is 39.1 Å². The summed E-state index contributed by atoms with van der Waals surface area (Å²) in [6, 6.07) is 13.5. The molecule has 0 aliphatic carbocycles. The first-order valence-corrected chi connectivity index (χ1v) is 11.9. The van der Waals surface area contributed by atoms with Crippen molar-refractivity contribution in [1.82, 2.24) is 20.3 Å². The van der Waals surface area contributed by atoms with Crippen LogP contribution >= 0.6 is 11.3 Å². The number of aryl methyl sites for hydroxylation is 1. The Morgan fingerprint density at radius 2 is 1.97 bits per heavy atom. The minimum atomic E-state index is -0.934. The second-order valence-corrected chi connectivity index (χ2v) is 9.40. The molecule has 4 aromatic rings. The van der Waals surface area contributed by atoms with Crippen LogP contribution in [0.4, 0.5) is 11.6 Å². The quantitative estimate of drug-likeness (QED) is 0.266. The monoisotopic (exact) mass is 476 g/mol. The predicted octanol–water partition coefficient (Wildman–Crippen LogP) is 4.35. The van der Waals surface area contributed by atoms with Gasteiger partial charge in [-0.25, -0.2) is 9.97 Å².